The molecule has 0 radical (unpaired) electrons. The van der Waals surface area contributed by atoms with E-state index >= 15 is 0 Å². The van der Waals surface area contributed by atoms with Gasteiger partial charge in [-0.3, -0.25) is 0 Å². The molecule has 0 unspecified atom stereocenters. The molecule has 0 aromatic rings. The maximum absolute atomic E-state index is 4.94. The van der Waals surface area contributed by atoms with E-state index in [1.807, 2.05) is 69.2 Å². The van der Waals surface area contributed by atoms with Crippen molar-refractivity contribution in [3.05, 3.63) is 26.6 Å². The normalized spacial score (nSPS) is 10.3. The maximum Gasteiger partial charge on any atom is 1.00 e. The van der Waals surface area contributed by atoms with Gasteiger partial charge >= 0.3 is 18.9 Å². The summed E-state index contributed by atoms with van der Waals surface area (Å²) in [6.07, 6.45) is 2.56. The average Bonchev–Trinajstić information content (AvgIpc) is 3.33. The zero-order valence-corrected chi connectivity index (χ0v) is 28.2. The Morgan fingerprint density at radius 2 is 0.562 bits per heavy atom. The molecule has 0 spiro atoms. The Labute approximate surface area is 240 Å². The third-order valence-corrected chi connectivity index (χ3v) is 3.06. The number of rotatable bonds is 10. The van der Waals surface area contributed by atoms with Crippen LogP contribution in [0.5, 0.6) is 0 Å². The van der Waals surface area contributed by atoms with Crippen LogP contribution in [0.25, 0.3) is 26.6 Å². The van der Waals surface area contributed by atoms with E-state index in [-0.39, 0.29) is 50.0 Å². The summed E-state index contributed by atoms with van der Waals surface area (Å²) >= 11 is 0. The van der Waals surface area contributed by atoms with Crippen LogP contribution in [0.15, 0.2) is 0 Å². The van der Waals surface area contributed by atoms with Gasteiger partial charge in [0.2, 0.25) is 0 Å². The second-order valence-corrected chi connectivity index (χ2v) is 5.60. The average molecular weight is 678 g/mol. The molecule has 1 rings (SSSR count). The van der Waals surface area contributed by atoms with Crippen LogP contribution in [0.3, 0.4) is 0 Å². The predicted molar refractivity (Wildman–Crippen MR) is 142 cm³/mol. The molecule has 1 aliphatic rings. The Morgan fingerprint density at radius 1 is 0.406 bits per heavy atom. The van der Waals surface area contributed by atoms with Gasteiger partial charge in [0.1, 0.15) is 0 Å². The second kappa shape index (κ2) is 69.8. The van der Waals surface area contributed by atoms with Crippen LogP contribution in [-0.2, 0) is 4.74 Å². The summed E-state index contributed by atoms with van der Waals surface area (Å²) in [5.41, 5.74) is 0. The van der Waals surface area contributed by atoms with Gasteiger partial charge in [-0.1, -0.05) is 69.2 Å². The Balaban J connectivity index is -0.0000000463. The van der Waals surface area contributed by atoms with E-state index < -0.39 is 0 Å². The van der Waals surface area contributed by atoms with Crippen LogP contribution in [0.4, 0.5) is 0 Å². The number of hydrogen-bond acceptors (Lipinski definition) is 1. The molecular formula is C24H58LiN5OU-4. The first kappa shape index (κ1) is 50.3. The molecule has 8 heteroatoms. The fraction of sp³-hybridized carbons (Fsp3) is 1.00. The molecule has 0 aromatic heterocycles. The topological polar surface area (TPSA) is 79.7 Å². The van der Waals surface area contributed by atoms with Crippen molar-refractivity contribution in [2.75, 3.05) is 78.7 Å². The Morgan fingerprint density at radius 3 is 0.594 bits per heavy atom. The molecule has 32 heavy (non-hydrogen) atoms. The summed E-state index contributed by atoms with van der Waals surface area (Å²) in [5, 5.41) is 19.9. The SMILES string of the molecule is C1CCOC1.CC[N-]CC.CC[N-]CC.CC[N-]CC.CC[N-]CC.CC[N-]CC.[Li+].[U]. The van der Waals surface area contributed by atoms with E-state index in [1.54, 1.807) is 0 Å². The van der Waals surface area contributed by atoms with Crippen molar-refractivity contribution in [2.45, 2.75) is 82.1 Å². The molecule has 0 N–H and O–H groups in total. The predicted octanol–water partition coefficient (Wildman–Crippen LogP) is 4.80. The molecule has 0 aliphatic carbocycles. The van der Waals surface area contributed by atoms with Gasteiger partial charge in [-0.15, -0.1) is 0 Å². The van der Waals surface area contributed by atoms with Gasteiger partial charge in [-0.25, -0.2) is 0 Å². The van der Waals surface area contributed by atoms with Gasteiger partial charge < -0.3 is 31.3 Å². The first-order valence-corrected chi connectivity index (χ1v) is 12.3. The van der Waals surface area contributed by atoms with Gasteiger partial charge in [0.05, 0.1) is 0 Å². The van der Waals surface area contributed by atoms with Gasteiger partial charge in [0, 0.05) is 44.3 Å². The van der Waals surface area contributed by atoms with E-state index in [9.17, 15) is 0 Å². The zero-order chi connectivity index (χ0) is 24.1. The van der Waals surface area contributed by atoms with Crippen LogP contribution in [0, 0.1) is 31.1 Å². The molecule has 1 heterocycles. The number of hydrogen-bond donors (Lipinski definition) is 0. The van der Waals surface area contributed by atoms with Crippen molar-refractivity contribution in [1.29, 1.82) is 0 Å². The summed E-state index contributed by atoms with van der Waals surface area (Å²) in [6, 6.07) is 0. The third-order valence-electron chi connectivity index (χ3n) is 3.06. The van der Waals surface area contributed by atoms with Crippen molar-refractivity contribution in [3.8, 4) is 0 Å². The third kappa shape index (κ3) is 108. The maximum atomic E-state index is 4.94. The first-order chi connectivity index (χ1) is 14.6. The van der Waals surface area contributed by atoms with E-state index in [4.69, 9.17) is 4.74 Å². The van der Waals surface area contributed by atoms with Gasteiger partial charge in [0.15, 0.2) is 0 Å². The van der Waals surface area contributed by atoms with Crippen molar-refractivity contribution in [3.63, 3.8) is 0 Å². The molecule has 0 saturated carbocycles. The van der Waals surface area contributed by atoms with Crippen molar-refractivity contribution >= 4 is 0 Å². The molecule has 194 valence electrons. The summed E-state index contributed by atoms with van der Waals surface area (Å²) in [6.45, 7) is 32.1. The van der Waals surface area contributed by atoms with E-state index in [0.29, 0.717) is 0 Å². The molecule has 1 aliphatic heterocycles. The van der Waals surface area contributed by atoms with E-state index in [1.165, 1.54) is 12.8 Å². The van der Waals surface area contributed by atoms with E-state index in [0.717, 1.165) is 78.7 Å². The van der Waals surface area contributed by atoms with E-state index in [2.05, 4.69) is 26.6 Å². The Bertz CT molecular complexity index is 155. The van der Waals surface area contributed by atoms with Crippen molar-refractivity contribution in [2.24, 2.45) is 0 Å². The molecule has 0 atom stereocenters. The standard InChI is InChI=1S/5C4H10N.C4H8O.Li.U/c5*1-3-5-4-2;1-2-4-5-3-1;;/h5*3-4H2,1-2H3;1-4H2;;/q5*-1;;+1;. The zero-order valence-electron chi connectivity index (χ0n) is 24.0. The second-order valence-electron chi connectivity index (χ2n) is 5.60. The minimum absolute atomic E-state index is 0. The fourth-order valence-corrected chi connectivity index (χ4v) is 1.63. The van der Waals surface area contributed by atoms with Crippen molar-refractivity contribution in [1.82, 2.24) is 0 Å². The van der Waals surface area contributed by atoms with Crippen LogP contribution in [0.2, 0.25) is 0 Å². The first-order valence-electron chi connectivity index (χ1n) is 12.3. The fourth-order valence-electron chi connectivity index (χ4n) is 1.63. The van der Waals surface area contributed by atoms with Crippen LogP contribution >= 0.6 is 0 Å². The Hall–Kier alpha value is 1.41. The summed E-state index contributed by atoms with van der Waals surface area (Å²) in [5.74, 6) is 0. The minimum atomic E-state index is 0. The summed E-state index contributed by atoms with van der Waals surface area (Å²) in [7, 11) is 0. The smallest absolute Gasteiger partial charge is 0.663 e. The molecule has 0 amide bonds. The molecule has 1 fully saturated rings. The number of nitrogens with zero attached hydrogens (tertiary/aromatic N) is 5. The quantitative estimate of drug-likeness (QED) is 0.306. The molecule has 0 bridgehead atoms. The summed E-state index contributed by atoms with van der Waals surface area (Å²) in [4.78, 5) is 0. The van der Waals surface area contributed by atoms with Crippen LogP contribution in [0.1, 0.15) is 82.1 Å². The largest absolute Gasteiger partial charge is 1.00 e. The van der Waals surface area contributed by atoms with Gasteiger partial charge in [0.25, 0.3) is 0 Å². The monoisotopic (exact) mass is 678 g/mol. The van der Waals surface area contributed by atoms with Gasteiger partial charge in [-0.05, 0) is 12.8 Å². The molecular weight excluding hydrogens is 619 g/mol. The van der Waals surface area contributed by atoms with Crippen molar-refractivity contribution < 1.29 is 54.7 Å². The number of ether oxygens (including phenoxy) is 1. The van der Waals surface area contributed by atoms with Crippen LogP contribution in [-0.4, -0.2) is 78.7 Å². The molecule has 6 nitrogen and oxygen atoms in total. The molecule has 1 saturated heterocycles. The summed E-state index contributed by atoms with van der Waals surface area (Å²) < 4.78 is 4.94. The minimum Gasteiger partial charge on any atom is -0.663 e. The molecule has 0 aromatic carbocycles. The van der Waals surface area contributed by atoms with Crippen LogP contribution < -0.4 is 18.9 Å². The Kier molecular flexibility index (Phi) is 110. The van der Waals surface area contributed by atoms with Gasteiger partial charge in [-0.2, -0.15) is 65.4 Å².